The first-order chi connectivity index (χ1) is 8.56. The highest BCUT2D eigenvalue weighted by Crippen LogP contribution is 2.29. The number of hydrogen-bond acceptors (Lipinski definition) is 4. The number of phenols is 1. The zero-order valence-electron chi connectivity index (χ0n) is 10.9. The van der Waals surface area contributed by atoms with E-state index < -0.39 is 4.92 Å². The van der Waals surface area contributed by atoms with E-state index in [2.05, 4.69) is 6.92 Å². The number of unbranched alkanes of at least 4 members (excludes halogenated alkanes) is 3. The van der Waals surface area contributed by atoms with E-state index in [0.29, 0.717) is 0 Å². The molecule has 0 aliphatic heterocycles. The molecule has 0 aromatic heterocycles. The van der Waals surface area contributed by atoms with Gasteiger partial charge in [-0.2, -0.15) is 0 Å². The van der Waals surface area contributed by atoms with Crippen LogP contribution in [0.2, 0.25) is 0 Å². The zero-order valence-corrected chi connectivity index (χ0v) is 10.9. The molecule has 1 N–H and O–H groups in total. The van der Waals surface area contributed by atoms with Crippen LogP contribution in [0.15, 0.2) is 18.2 Å². The van der Waals surface area contributed by atoms with Crippen molar-refractivity contribution in [1.82, 2.24) is 0 Å². The first-order valence-electron chi connectivity index (χ1n) is 6.24. The van der Waals surface area contributed by atoms with Gasteiger partial charge in [-0.3, -0.25) is 10.1 Å². The molecule has 18 heavy (non-hydrogen) atoms. The SMILES string of the molecule is CCCCCCN(C)c1ccc([N+](=O)[O-])c(O)c1. The Hall–Kier alpha value is -1.78. The predicted octanol–water partition coefficient (Wildman–Crippen LogP) is 3.32. The monoisotopic (exact) mass is 252 g/mol. The van der Waals surface area contributed by atoms with Crippen molar-refractivity contribution in [3.05, 3.63) is 28.3 Å². The van der Waals surface area contributed by atoms with Crippen molar-refractivity contribution in [2.24, 2.45) is 0 Å². The molecule has 0 bridgehead atoms. The second-order valence-electron chi connectivity index (χ2n) is 4.41. The van der Waals surface area contributed by atoms with Crippen LogP contribution >= 0.6 is 0 Å². The van der Waals surface area contributed by atoms with Gasteiger partial charge in [-0.15, -0.1) is 0 Å². The fourth-order valence-electron chi connectivity index (χ4n) is 1.81. The highest BCUT2D eigenvalue weighted by molar-refractivity contribution is 5.58. The van der Waals surface area contributed by atoms with Crippen LogP contribution in [0.1, 0.15) is 32.6 Å². The normalized spacial score (nSPS) is 10.3. The lowest BCUT2D eigenvalue weighted by Crippen LogP contribution is -2.18. The van der Waals surface area contributed by atoms with Gasteiger partial charge in [0.25, 0.3) is 0 Å². The molecule has 100 valence electrons. The molecule has 0 saturated carbocycles. The van der Waals surface area contributed by atoms with Crippen LogP contribution in [0, 0.1) is 10.1 Å². The van der Waals surface area contributed by atoms with Crippen molar-refractivity contribution in [2.45, 2.75) is 32.6 Å². The molecule has 0 amide bonds. The van der Waals surface area contributed by atoms with Crippen molar-refractivity contribution in [2.75, 3.05) is 18.5 Å². The summed E-state index contributed by atoms with van der Waals surface area (Å²) in [6, 6.07) is 4.45. The topological polar surface area (TPSA) is 66.6 Å². The third-order valence-electron chi connectivity index (χ3n) is 2.94. The molecule has 0 spiro atoms. The maximum absolute atomic E-state index is 10.6. The summed E-state index contributed by atoms with van der Waals surface area (Å²) in [5.74, 6) is -0.280. The second-order valence-corrected chi connectivity index (χ2v) is 4.41. The van der Waals surface area contributed by atoms with Gasteiger partial charge in [-0.05, 0) is 12.5 Å². The van der Waals surface area contributed by atoms with Crippen LogP contribution in [-0.4, -0.2) is 23.6 Å². The molecular weight excluding hydrogens is 232 g/mol. The summed E-state index contributed by atoms with van der Waals surface area (Å²) in [6.07, 6.45) is 4.68. The standard InChI is InChI=1S/C13H20N2O3/c1-3-4-5-6-9-14(2)11-7-8-12(15(17)18)13(16)10-11/h7-8,10,16H,3-6,9H2,1-2H3. The van der Waals surface area contributed by atoms with E-state index in [1.807, 2.05) is 11.9 Å². The second kappa shape index (κ2) is 6.83. The van der Waals surface area contributed by atoms with Gasteiger partial charge in [0.15, 0.2) is 5.75 Å². The highest BCUT2D eigenvalue weighted by atomic mass is 16.6. The molecule has 1 aromatic carbocycles. The molecule has 0 fully saturated rings. The van der Waals surface area contributed by atoms with Gasteiger partial charge < -0.3 is 10.0 Å². The Morgan fingerprint density at radius 2 is 2.06 bits per heavy atom. The Morgan fingerprint density at radius 1 is 1.33 bits per heavy atom. The third kappa shape index (κ3) is 3.91. The molecule has 0 atom stereocenters. The molecule has 0 saturated heterocycles. The van der Waals surface area contributed by atoms with E-state index in [1.54, 1.807) is 6.07 Å². The van der Waals surface area contributed by atoms with Crippen molar-refractivity contribution in [3.8, 4) is 5.75 Å². The fraction of sp³-hybridized carbons (Fsp3) is 0.538. The minimum absolute atomic E-state index is 0.252. The maximum Gasteiger partial charge on any atom is 0.310 e. The number of aromatic hydroxyl groups is 1. The van der Waals surface area contributed by atoms with Gasteiger partial charge in [0.05, 0.1) is 4.92 Å². The lowest BCUT2D eigenvalue weighted by Gasteiger charge is -2.19. The predicted molar refractivity (Wildman–Crippen MR) is 72.2 cm³/mol. The highest BCUT2D eigenvalue weighted by Gasteiger charge is 2.14. The Kier molecular flexibility index (Phi) is 5.42. The summed E-state index contributed by atoms with van der Waals surface area (Å²) < 4.78 is 0. The van der Waals surface area contributed by atoms with Crippen LogP contribution in [0.3, 0.4) is 0 Å². The van der Waals surface area contributed by atoms with Gasteiger partial charge in [-0.25, -0.2) is 0 Å². The van der Waals surface area contributed by atoms with Crippen LogP contribution in [0.5, 0.6) is 5.75 Å². The first-order valence-corrected chi connectivity index (χ1v) is 6.24. The Morgan fingerprint density at radius 3 is 2.61 bits per heavy atom. The number of hydrogen-bond donors (Lipinski definition) is 1. The van der Waals surface area contributed by atoms with Crippen LogP contribution < -0.4 is 4.90 Å². The molecule has 0 aliphatic carbocycles. The van der Waals surface area contributed by atoms with Gasteiger partial charge in [0, 0.05) is 31.4 Å². The minimum Gasteiger partial charge on any atom is -0.502 e. The molecule has 5 heteroatoms. The van der Waals surface area contributed by atoms with Crippen LogP contribution in [-0.2, 0) is 0 Å². The van der Waals surface area contributed by atoms with E-state index in [-0.39, 0.29) is 11.4 Å². The minimum atomic E-state index is -0.583. The molecule has 0 heterocycles. The summed E-state index contributed by atoms with van der Waals surface area (Å²) in [5, 5.41) is 20.1. The van der Waals surface area contributed by atoms with E-state index in [1.165, 1.54) is 31.4 Å². The quantitative estimate of drug-likeness (QED) is 0.459. The maximum atomic E-state index is 10.6. The Balaban J connectivity index is 2.61. The van der Waals surface area contributed by atoms with Crippen molar-refractivity contribution in [1.29, 1.82) is 0 Å². The van der Waals surface area contributed by atoms with Gasteiger partial charge >= 0.3 is 5.69 Å². The summed E-state index contributed by atoms with van der Waals surface area (Å²) in [5.41, 5.74) is 0.549. The lowest BCUT2D eigenvalue weighted by molar-refractivity contribution is -0.385. The third-order valence-corrected chi connectivity index (χ3v) is 2.94. The Bertz CT molecular complexity index is 407. The summed E-state index contributed by atoms with van der Waals surface area (Å²) in [6.45, 7) is 3.05. The van der Waals surface area contributed by atoms with Gasteiger partial charge in [0.2, 0.25) is 0 Å². The molecule has 5 nitrogen and oxygen atoms in total. The number of nitro groups is 1. The van der Waals surface area contributed by atoms with E-state index >= 15 is 0 Å². The zero-order chi connectivity index (χ0) is 13.5. The molecular formula is C13H20N2O3. The summed E-state index contributed by atoms with van der Waals surface area (Å²) in [4.78, 5) is 12.0. The number of nitrogens with zero attached hydrogens (tertiary/aromatic N) is 2. The van der Waals surface area contributed by atoms with E-state index in [9.17, 15) is 15.2 Å². The van der Waals surface area contributed by atoms with Crippen LogP contribution in [0.4, 0.5) is 11.4 Å². The van der Waals surface area contributed by atoms with Crippen LogP contribution in [0.25, 0.3) is 0 Å². The van der Waals surface area contributed by atoms with Gasteiger partial charge in [-0.1, -0.05) is 26.2 Å². The largest absolute Gasteiger partial charge is 0.502 e. The van der Waals surface area contributed by atoms with Crippen molar-refractivity contribution < 1.29 is 10.0 Å². The van der Waals surface area contributed by atoms with Gasteiger partial charge in [0.1, 0.15) is 0 Å². The van der Waals surface area contributed by atoms with E-state index in [4.69, 9.17) is 0 Å². The molecule has 1 rings (SSSR count). The average molecular weight is 252 g/mol. The number of benzene rings is 1. The number of phenolic OH excluding ortho intramolecular Hbond substituents is 1. The summed E-state index contributed by atoms with van der Waals surface area (Å²) in [7, 11) is 1.92. The molecule has 0 radical (unpaired) electrons. The summed E-state index contributed by atoms with van der Waals surface area (Å²) >= 11 is 0. The molecule has 1 aromatic rings. The number of nitro benzene ring substituents is 1. The fourth-order valence-corrected chi connectivity index (χ4v) is 1.81. The first kappa shape index (κ1) is 14.3. The number of anilines is 1. The lowest BCUT2D eigenvalue weighted by atomic mass is 10.2. The number of rotatable bonds is 7. The molecule has 0 unspecified atom stereocenters. The van der Waals surface area contributed by atoms with Crippen molar-refractivity contribution >= 4 is 11.4 Å². The van der Waals surface area contributed by atoms with E-state index in [0.717, 1.165) is 18.7 Å². The molecule has 0 aliphatic rings. The Labute approximate surface area is 107 Å². The van der Waals surface area contributed by atoms with Crippen molar-refractivity contribution in [3.63, 3.8) is 0 Å². The average Bonchev–Trinajstić information content (AvgIpc) is 2.33. The smallest absolute Gasteiger partial charge is 0.310 e.